The van der Waals surface area contributed by atoms with Gasteiger partial charge in [0.1, 0.15) is 0 Å². The molecule has 1 aliphatic rings. The minimum Gasteiger partial charge on any atom is -0.310 e. The van der Waals surface area contributed by atoms with Crippen molar-refractivity contribution >= 4 is 35.4 Å². The molecule has 26 heavy (non-hydrogen) atoms. The van der Waals surface area contributed by atoms with Crippen LogP contribution >= 0.6 is 23.9 Å². The SMILES string of the molecule is CCCCP(CCCC)CCCC.O=C1C(Br)CCN1c1cccnc1. The smallest absolute Gasteiger partial charge is 0.240 e. The molecular formula is C21H36BrN2OP. The molecule has 1 atom stereocenters. The van der Waals surface area contributed by atoms with Gasteiger partial charge in [0.2, 0.25) is 5.91 Å². The fraction of sp³-hybridized carbons (Fsp3) is 0.714. The molecule has 1 saturated heterocycles. The number of rotatable bonds is 10. The number of carbonyl (C=O) groups is 1. The maximum Gasteiger partial charge on any atom is 0.240 e. The van der Waals surface area contributed by atoms with Crippen LogP contribution < -0.4 is 4.90 Å². The maximum absolute atomic E-state index is 11.6. The first kappa shape index (κ1) is 23.6. The highest BCUT2D eigenvalue weighted by atomic mass is 79.9. The number of amides is 1. The first-order chi connectivity index (χ1) is 12.6. The van der Waals surface area contributed by atoms with Gasteiger partial charge in [0.15, 0.2) is 0 Å². The number of hydrogen-bond acceptors (Lipinski definition) is 2. The fourth-order valence-corrected chi connectivity index (χ4v) is 6.31. The maximum atomic E-state index is 11.6. The average molecular weight is 443 g/mol. The zero-order valence-corrected chi connectivity index (χ0v) is 19.3. The van der Waals surface area contributed by atoms with Gasteiger partial charge in [-0.15, -0.1) is 7.92 Å². The summed E-state index contributed by atoms with van der Waals surface area (Å²) >= 11 is 3.33. The fourth-order valence-electron chi connectivity index (χ4n) is 2.90. The van der Waals surface area contributed by atoms with Crippen LogP contribution in [0.4, 0.5) is 5.69 Å². The number of unbranched alkanes of at least 4 members (excludes halogenated alkanes) is 3. The molecule has 0 saturated carbocycles. The van der Waals surface area contributed by atoms with Crippen LogP contribution in [0.15, 0.2) is 24.5 Å². The predicted molar refractivity (Wildman–Crippen MR) is 120 cm³/mol. The van der Waals surface area contributed by atoms with Crippen LogP contribution in [0.3, 0.4) is 0 Å². The summed E-state index contributed by atoms with van der Waals surface area (Å²) in [6.45, 7) is 7.72. The Morgan fingerprint density at radius 2 is 1.69 bits per heavy atom. The number of nitrogens with zero attached hydrogens (tertiary/aromatic N) is 2. The first-order valence-electron chi connectivity index (χ1n) is 10.2. The van der Waals surface area contributed by atoms with Crippen LogP contribution in [0.1, 0.15) is 65.7 Å². The number of alkyl halides is 1. The third-order valence-corrected chi connectivity index (χ3v) is 8.28. The highest BCUT2D eigenvalue weighted by Gasteiger charge is 2.30. The molecule has 1 aliphatic heterocycles. The van der Waals surface area contributed by atoms with E-state index < -0.39 is 0 Å². The van der Waals surface area contributed by atoms with Gasteiger partial charge in [-0.05, 0) is 56.3 Å². The minimum absolute atomic E-state index is 0.0206. The molecule has 0 aliphatic carbocycles. The molecule has 3 nitrogen and oxygen atoms in total. The molecule has 1 fully saturated rings. The Labute approximate surface area is 170 Å². The zero-order chi connectivity index (χ0) is 19.2. The lowest BCUT2D eigenvalue weighted by atomic mass is 10.4. The van der Waals surface area contributed by atoms with E-state index in [1.165, 1.54) is 38.5 Å². The Bertz CT molecular complexity index is 467. The van der Waals surface area contributed by atoms with E-state index in [0.29, 0.717) is 7.92 Å². The number of halogens is 1. The number of hydrogen-bond donors (Lipinski definition) is 0. The van der Waals surface area contributed by atoms with Crippen molar-refractivity contribution in [3.05, 3.63) is 24.5 Å². The van der Waals surface area contributed by atoms with Crippen LogP contribution in [0.25, 0.3) is 0 Å². The summed E-state index contributed by atoms with van der Waals surface area (Å²) in [4.78, 5) is 17.3. The minimum atomic E-state index is -0.0206. The lowest BCUT2D eigenvalue weighted by Gasteiger charge is -2.16. The Morgan fingerprint density at radius 1 is 1.12 bits per heavy atom. The Balaban J connectivity index is 0.000000260. The van der Waals surface area contributed by atoms with E-state index in [9.17, 15) is 4.79 Å². The second-order valence-corrected chi connectivity index (χ2v) is 10.6. The van der Waals surface area contributed by atoms with Crippen LogP contribution in [-0.2, 0) is 4.79 Å². The molecule has 0 bridgehead atoms. The van der Waals surface area contributed by atoms with Gasteiger partial charge < -0.3 is 4.90 Å². The lowest BCUT2D eigenvalue weighted by molar-refractivity contribution is -0.116. The summed E-state index contributed by atoms with van der Waals surface area (Å²) in [5.41, 5.74) is 0.884. The van der Waals surface area contributed by atoms with E-state index in [1.54, 1.807) is 35.8 Å². The molecule has 0 aromatic carbocycles. The molecule has 1 aromatic rings. The largest absolute Gasteiger partial charge is 0.310 e. The van der Waals surface area contributed by atoms with Crippen molar-refractivity contribution in [2.24, 2.45) is 0 Å². The second-order valence-electron chi connectivity index (χ2n) is 6.86. The Kier molecular flexibility index (Phi) is 13.2. The van der Waals surface area contributed by atoms with Gasteiger partial charge in [-0.1, -0.05) is 56.0 Å². The summed E-state index contributed by atoms with van der Waals surface area (Å²) < 4.78 is 0. The topological polar surface area (TPSA) is 33.2 Å². The predicted octanol–water partition coefficient (Wildman–Crippen LogP) is 6.45. The third-order valence-electron chi connectivity index (χ3n) is 4.58. The van der Waals surface area contributed by atoms with Gasteiger partial charge >= 0.3 is 0 Å². The molecule has 1 amide bonds. The highest BCUT2D eigenvalue weighted by molar-refractivity contribution is 9.10. The van der Waals surface area contributed by atoms with E-state index in [-0.39, 0.29) is 10.7 Å². The van der Waals surface area contributed by atoms with E-state index in [4.69, 9.17) is 0 Å². The number of pyridine rings is 1. The number of aromatic nitrogens is 1. The van der Waals surface area contributed by atoms with Gasteiger partial charge in [0.05, 0.1) is 16.7 Å². The average Bonchev–Trinajstić information content (AvgIpc) is 3.01. The standard InChI is InChI=1S/C12H27P.C9H9BrN2O/c1-4-7-10-13(11-8-5-2)12-9-6-3;10-8-3-5-12(9(8)13)7-2-1-4-11-6-7/h4-12H2,1-3H3;1-2,4,6,8H,3,5H2. The molecule has 2 rings (SSSR count). The zero-order valence-electron chi connectivity index (χ0n) is 16.8. The van der Waals surface area contributed by atoms with E-state index in [2.05, 4.69) is 41.7 Å². The first-order valence-corrected chi connectivity index (χ1v) is 13.0. The van der Waals surface area contributed by atoms with Gasteiger partial charge in [0.25, 0.3) is 0 Å². The van der Waals surface area contributed by atoms with Crippen LogP contribution in [0.5, 0.6) is 0 Å². The number of carbonyl (C=O) groups excluding carboxylic acids is 1. The highest BCUT2D eigenvalue weighted by Crippen LogP contribution is 2.38. The number of anilines is 1. The van der Waals surface area contributed by atoms with Crippen LogP contribution in [0, 0.1) is 0 Å². The van der Waals surface area contributed by atoms with Crippen molar-refractivity contribution in [1.29, 1.82) is 0 Å². The summed E-state index contributed by atoms with van der Waals surface area (Å²) in [7, 11) is 0.422. The van der Waals surface area contributed by atoms with Gasteiger partial charge in [-0.3, -0.25) is 9.78 Å². The van der Waals surface area contributed by atoms with Crippen molar-refractivity contribution in [2.45, 2.75) is 70.5 Å². The second kappa shape index (κ2) is 14.6. The van der Waals surface area contributed by atoms with Crippen molar-refractivity contribution in [1.82, 2.24) is 4.98 Å². The Morgan fingerprint density at radius 3 is 2.08 bits per heavy atom. The molecule has 0 radical (unpaired) electrons. The summed E-state index contributed by atoms with van der Waals surface area (Å²) in [6, 6.07) is 3.74. The quantitative estimate of drug-likeness (QED) is 0.308. The van der Waals surface area contributed by atoms with Crippen LogP contribution in [0.2, 0.25) is 0 Å². The van der Waals surface area contributed by atoms with Gasteiger partial charge in [-0.2, -0.15) is 0 Å². The van der Waals surface area contributed by atoms with Crippen molar-refractivity contribution in [2.75, 3.05) is 29.9 Å². The van der Waals surface area contributed by atoms with E-state index >= 15 is 0 Å². The normalized spacial score (nSPS) is 16.7. The lowest BCUT2D eigenvalue weighted by Crippen LogP contribution is -2.26. The summed E-state index contributed by atoms with van der Waals surface area (Å²) in [5.74, 6) is 0.132. The molecule has 0 N–H and O–H groups in total. The monoisotopic (exact) mass is 442 g/mol. The van der Waals surface area contributed by atoms with Gasteiger partial charge in [-0.25, -0.2) is 0 Å². The van der Waals surface area contributed by atoms with E-state index in [0.717, 1.165) is 18.7 Å². The molecule has 148 valence electrons. The molecule has 5 heteroatoms. The Hall–Kier alpha value is -0.470. The van der Waals surface area contributed by atoms with Crippen molar-refractivity contribution in [3.8, 4) is 0 Å². The molecule has 0 spiro atoms. The summed E-state index contributed by atoms with van der Waals surface area (Å²) in [6.07, 6.45) is 17.5. The summed E-state index contributed by atoms with van der Waals surface area (Å²) in [5, 5.41) is 0. The molecule has 2 heterocycles. The van der Waals surface area contributed by atoms with Gasteiger partial charge in [0, 0.05) is 12.7 Å². The molecular weight excluding hydrogens is 407 g/mol. The molecule has 1 unspecified atom stereocenters. The van der Waals surface area contributed by atoms with Crippen molar-refractivity contribution in [3.63, 3.8) is 0 Å². The van der Waals surface area contributed by atoms with E-state index in [1.807, 2.05) is 12.1 Å². The van der Waals surface area contributed by atoms with Crippen LogP contribution in [-0.4, -0.2) is 40.7 Å². The third kappa shape index (κ3) is 8.95. The molecule has 1 aromatic heterocycles. The van der Waals surface area contributed by atoms with Crippen molar-refractivity contribution < 1.29 is 4.79 Å².